The fraction of sp³-hybridized carbons (Fsp3) is 0.333. The average molecular weight is 254 g/mol. The summed E-state index contributed by atoms with van der Waals surface area (Å²) < 4.78 is 0. The lowest BCUT2D eigenvalue weighted by Gasteiger charge is -2.10. The summed E-state index contributed by atoms with van der Waals surface area (Å²) in [4.78, 5) is 9.27. The van der Waals surface area contributed by atoms with Crippen LogP contribution in [-0.2, 0) is 19.5 Å². The third kappa shape index (κ3) is 2.58. The zero-order valence-electron chi connectivity index (χ0n) is 11.1. The number of rotatable bonds is 4. The van der Waals surface area contributed by atoms with Crippen molar-refractivity contribution in [2.24, 2.45) is 0 Å². The Kier molecular flexibility index (Phi) is 3.42. The minimum absolute atomic E-state index is 0.706. The molecule has 0 unspecified atom stereocenters. The number of aryl methyl sites for hydroxylation is 1. The van der Waals surface area contributed by atoms with Crippen LogP contribution >= 0.6 is 0 Å². The third-order valence-corrected chi connectivity index (χ3v) is 3.29. The van der Waals surface area contributed by atoms with Gasteiger partial charge in [-0.05, 0) is 18.6 Å². The maximum absolute atomic E-state index is 4.67. The van der Waals surface area contributed by atoms with Gasteiger partial charge in [-0.3, -0.25) is 0 Å². The number of benzene rings is 1. The van der Waals surface area contributed by atoms with Crippen LogP contribution in [0.2, 0.25) is 0 Å². The van der Waals surface area contributed by atoms with Crippen LogP contribution in [0.25, 0.3) is 0 Å². The Hall–Kier alpha value is -1.94. The second kappa shape index (κ2) is 5.36. The van der Waals surface area contributed by atoms with Gasteiger partial charge in [0.25, 0.3) is 0 Å². The summed E-state index contributed by atoms with van der Waals surface area (Å²) in [6, 6.07) is 10.1. The van der Waals surface area contributed by atoms with E-state index in [-0.39, 0.29) is 0 Å². The first-order valence-electron chi connectivity index (χ1n) is 6.78. The Bertz CT molecular complexity index is 566. The van der Waals surface area contributed by atoms with E-state index in [4.69, 9.17) is 0 Å². The molecule has 1 aromatic heterocycles. The van der Waals surface area contributed by atoms with Gasteiger partial charge >= 0.3 is 0 Å². The first-order chi connectivity index (χ1) is 9.36. The van der Waals surface area contributed by atoms with Crippen LogP contribution in [0.1, 0.15) is 30.3 Å². The molecule has 4 nitrogen and oxygen atoms in total. The van der Waals surface area contributed by atoms with E-state index in [2.05, 4.69) is 27.5 Å². The average Bonchev–Trinajstić information content (AvgIpc) is 2.89. The predicted octanol–water partition coefficient (Wildman–Crippen LogP) is 2.78. The third-order valence-electron chi connectivity index (χ3n) is 3.29. The van der Waals surface area contributed by atoms with Gasteiger partial charge in [-0.15, -0.1) is 0 Å². The molecule has 0 amide bonds. The molecule has 2 N–H and O–H groups in total. The molecule has 19 heavy (non-hydrogen) atoms. The van der Waals surface area contributed by atoms with Gasteiger partial charge < -0.3 is 10.6 Å². The molecule has 0 saturated carbocycles. The molecule has 2 aromatic rings. The van der Waals surface area contributed by atoms with Crippen molar-refractivity contribution in [3.05, 3.63) is 47.3 Å². The van der Waals surface area contributed by atoms with Crippen LogP contribution in [0.3, 0.4) is 0 Å². The summed E-state index contributed by atoms with van der Waals surface area (Å²) in [5.74, 6) is 0.706. The minimum Gasteiger partial charge on any atom is -0.324 e. The van der Waals surface area contributed by atoms with E-state index in [0.717, 1.165) is 37.3 Å². The molecule has 0 aliphatic carbocycles. The van der Waals surface area contributed by atoms with E-state index in [9.17, 15) is 0 Å². The molecule has 0 saturated heterocycles. The van der Waals surface area contributed by atoms with Crippen molar-refractivity contribution in [1.82, 2.24) is 15.3 Å². The Morgan fingerprint density at radius 2 is 2.00 bits per heavy atom. The quantitative estimate of drug-likeness (QED) is 0.881. The molecule has 0 fully saturated rings. The van der Waals surface area contributed by atoms with Crippen molar-refractivity contribution < 1.29 is 0 Å². The fourth-order valence-electron chi connectivity index (χ4n) is 2.39. The standard InChI is InChI=1S/C15H18N4/c1-2-6-13-12-9-16-10-14(12)19-15(18-13)17-11-7-4-3-5-8-11/h3-5,7-8,16H,2,6,9-10H2,1H3,(H,17,18,19). The van der Waals surface area contributed by atoms with E-state index in [1.165, 1.54) is 11.3 Å². The zero-order valence-corrected chi connectivity index (χ0v) is 11.1. The van der Waals surface area contributed by atoms with Crippen LogP contribution in [0.4, 0.5) is 11.6 Å². The van der Waals surface area contributed by atoms with Crippen LogP contribution in [0, 0.1) is 0 Å². The topological polar surface area (TPSA) is 49.8 Å². The smallest absolute Gasteiger partial charge is 0.227 e. The summed E-state index contributed by atoms with van der Waals surface area (Å²) in [5.41, 5.74) is 4.63. The second-order valence-electron chi connectivity index (χ2n) is 4.76. The van der Waals surface area contributed by atoms with Gasteiger partial charge in [0.05, 0.1) is 11.4 Å². The fourth-order valence-corrected chi connectivity index (χ4v) is 2.39. The monoisotopic (exact) mass is 254 g/mol. The number of hydrogen-bond donors (Lipinski definition) is 2. The first-order valence-corrected chi connectivity index (χ1v) is 6.78. The number of fused-ring (bicyclic) bond motifs is 1. The summed E-state index contributed by atoms with van der Waals surface area (Å²) in [6.07, 6.45) is 2.12. The minimum atomic E-state index is 0.706. The molecule has 1 aliphatic rings. The van der Waals surface area contributed by atoms with Crippen molar-refractivity contribution in [2.45, 2.75) is 32.9 Å². The van der Waals surface area contributed by atoms with Gasteiger partial charge in [-0.25, -0.2) is 9.97 Å². The molecule has 0 radical (unpaired) electrons. The van der Waals surface area contributed by atoms with E-state index >= 15 is 0 Å². The molecule has 1 aliphatic heterocycles. The SMILES string of the molecule is CCCc1nc(Nc2ccccc2)nc2c1CNC2. The molecular weight excluding hydrogens is 236 g/mol. The van der Waals surface area contributed by atoms with Crippen LogP contribution in [0.15, 0.2) is 30.3 Å². The van der Waals surface area contributed by atoms with Crippen LogP contribution < -0.4 is 10.6 Å². The van der Waals surface area contributed by atoms with Crippen LogP contribution in [0.5, 0.6) is 0 Å². The summed E-state index contributed by atoms with van der Waals surface area (Å²) in [6.45, 7) is 3.93. The van der Waals surface area contributed by atoms with Gasteiger partial charge in [0, 0.05) is 24.3 Å². The van der Waals surface area contributed by atoms with E-state index in [1.54, 1.807) is 0 Å². The van der Waals surface area contributed by atoms with Gasteiger partial charge in [0.15, 0.2) is 0 Å². The Balaban J connectivity index is 1.92. The highest BCUT2D eigenvalue weighted by molar-refractivity contribution is 5.53. The molecule has 4 heteroatoms. The first kappa shape index (κ1) is 12.1. The maximum Gasteiger partial charge on any atom is 0.227 e. The van der Waals surface area contributed by atoms with Crippen molar-refractivity contribution in [1.29, 1.82) is 0 Å². The largest absolute Gasteiger partial charge is 0.324 e. The molecule has 0 spiro atoms. The molecule has 3 rings (SSSR count). The number of aromatic nitrogens is 2. The number of anilines is 2. The van der Waals surface area contributed by atoms with Gasteiger partial charge in [-0.1, -0.05) is 31.5 Å². The highest BCUT2D eigenvalue weighted by atomic mass is 15.1. The number of nitrogens with one attached hydrogen (secondary N) is 2. The Morgan fingerprint density at radius 3 is 2.79 bits per heavy atom. The lowest BCUT2D eigenvalue weighted by Crippen LogP contribution is -2.05. The normalized spacial score (nSPS) is 13.3. The van der Waals surface area contributed by atoms with Crippen LogP contribution in [-0.4, -0.2) is 9.97 Å². The molecule has 1 aromatic carbocycles. The van der Waals surface area contributed by atoms with E-state index < -0.39 is 0 Å². The lowest BCUT2D eigenvalue weighted by molar-refractivity contribution is 0.753. The summed E-state index contributed by atoms with van der Waals surface area (Å²) in [7, 11) is 0. The summed E-state index contributed by atoms with van der Waals surface area (Å²) >= 11 is 0. The number of para-hydroxylation sites is 1. The van der Waals surface area contributed by atoms with E-state index in [0.29, 0.717) is 5.95 Å². The second-order valence-corrected chi connectivity index (χ2v) is 4.76. The Morgan fingerprint density at radius 1 is 1.16 bits per heavy atom. The van der Waals surface area contributed by atoms with Crippen molar-refractivity contribution in [3.63, 3.8) is 0 Å². The molecule has 2 heterocycles. The van der Waals surface area contributed by atoms with Gasteiger partial charge in [0.1, 0.15) is 0 Å². The Labute approximate surface area is 113 Å². The zero-order chi connectivity index (χ0) is 13.1. The van der Waals surface area contributed by atoms with Gasteiger partial charge in [-0.2, -0.15) is 0 Å². The van der Waals surface area contributed by atoms with E-state index in [1.807, 2.05) is 30.3 Å². The molecule has 0 atom stereocenters. The van der Waals surface area contributed by atoms with Crippen molar-refractivity contribution in [3.8, 4) is 0 Å². The maximum atomic E-state index is 4.67. The highest BCUT2D eigenvalue weighted by Gasteiger charge is 2.18. The van der Waals surface area contributed by atoms with Crippen molar-refractivity contribution >= 4 is 11.6 Å². The molecular formula is C15H18N4. The highest BCUT2D eigenvalue weighted by Crippen LogP contribution is 2.21. The van der Waals surface area contributed by atoms with Gasteiger partial charge in [0.2, 0.25) is 5.95 Å². The predicted molar refractivity (Wildman–Crippen MR) is 76.3 cm³/mol. The number of nitrogens with zero attached hydrogens (tertiary/aromatic N) is 2. The molecule has 0 bridgehead atoms. The summed E-state index contributed by atoms with van der Waals surface area (Å²) in [5, 5.41) is 6.63. The lowest BCUT2D eigenvalue weighted by atomic mass is 10.1. The molecule has 98 valence electrons. The number of hydrogen-bond acceptors (Lipinski definition) is 4. The van der Waals surface area contributed by atoms with Crippen molar-refractivity contribution in [2.75, 3.05) is 5.32 Å².